The molecule has 0 aromatic heterocycles. The molecule has 0 atom stereocenters. The van der Waals surface area contributed by atoms with Crippen molar-refractivity contribution in [3.05, 3.63) is 0 Å². The molecule has 0 aliphatic rings. The third-order valence-electron chi connectivity index (χ3n) is 0.387. The number of hydrogen-bond donors (Lipinski definition) is 2. The zero-order valence-corrected chi connectivity index (χ0v) is 5.38. The maximum Gasteiger partial charge on any atom is 0.333 e. The van der Waals surface area contributed by atoms with E-state index in [0.29, 0.717) is 3.93 Å². The van der Waals surface area contributed by atoms with E-state index in [9.17, 15) is 9.59 Å². The first-order chi connectivity index (χ1) is 3.55. The molecule has 0 unspecified atom stereocenters. The van der Waals surface area contributed by atoms with Gasteiger partial charge in [-0.05, 0) is 0 Å². The molecule has 0 aromatic carbocycles. The number of nitrogens with two attached hydrogens (primary N) is 2. The van der Waals surface area contributed by atoms with Gasteiger partial charge >= 0.3 is 12.1 Å². The van der Waals surface area contributed by atoms with Gasteiger partial charge < -0.3 is 11.5 Å². The number of halogens is 1. The summed E-state index contributed by atoms with van der Waals surface area (Å²) < 4.78 is 0.424. The van der Waals surface area contributed by atoms with Crippen LogP contribution in [0.1, 0.15) is 0 Å². The van der Waals surface area contributed by atoms with Crippen molar-refractivity contribution in [1.82, 2.24) is 3.93 Å². The van der Waals surface area contributed by atoms with Crippen LogP contribution in [0.5, 0.6) is 0 Å². The van der Waals surface area contributed by atoms with Crippen molar-refractivity contribution in [3.8, 4) is 0 Å². The third kappa shape index (κ3) is 1.78. The minimum absolute atomic E-state index is 0.424. The molecule has 0 aromatic rings. The molecule has 0 spiro atoms. The van der Waals surface area contributed by atoms with Crippen molar-refractivity contribution < 1.29 is 9.59 Å². The molecule has 4 amide bonds. The Labute approximate surface area is 53.9 Å². The lowest BCUT2D eigenvalue weighted by molar-refractivity contribution is 0.222. The van der Waals surface area contributed by atoms with Gasteiger partial charge in [0.05, 0.1) is 16.1 Å². The summed E-state index contributed by atoms with van der Waals surface area (Å²) in [5.74, 6) is 0. The van der Waals surface area contributed by atoms with Crippen molar-refractivity contribution in [2.24, 2.45) is 11.5 Å². The molecule has 4 N–H and O–H groups in total. The zero-order valence-electron chi connectivity index (χ0n) is 3.80. The molecule has 5 nitrogen and oxygen atoms in total. The highest BCUT2D eigenvalue weighted by Crippen LogP contribution is 1.93. The standard InChI is InChI=1S/C2H4BrN3O2/c3-6(1(4)7)2(5)8/h(H2,4,7)(H2,5,8). The van der Waals surface area contributed by atoms with Crippen LogP contribution in [-0.4, -0.2) is 16.0 Å². The summed E-state index contributed by atoms with van der Waals surface area (Å²) in [4.78, 5) is 19.9. The molecule has 0 saturated heterocycles. The molecule has 0 aliphatic heterocycles. The van der Waals surface area contributed by atoms with E-state index < -0.39 is 12.1 Å². The number of nitrogens with zero attached hydrogens (tertiary/aromatic N) is 1. The summed E-state index contributed by atoms with van der Waals surface area (Å²) in [5.41, 5.74) is 9.15. The summed E-state index contributed by atoms with van der Waals surface area (Å²) in [6.07, 6.45) is 0. The van der Waals surface area contributed by atoms with Gasteiger partial charge in [-0.2, -0.15) is 3.93 Å². The topological polar surface area (TPSA) is 89.4 Å². The highest BCUT2D eigenvalue weighted by molar-refractivity contribution is 9.08. The van der Waals surface area contributed by atoms with E-state index in [4.69, 9.17) is 0 Å². The Morgan fingerprint density at radius 1 is 1.25 bits per heavy atom. The molecule has 0 rings (SSSR count). The van der Waals surface area contributed by atoms with Crippen LogP contribution in [0.25, 0.3) is 0 Å². The molecule has 6 heteroatoms. The number of carbonyl (C=O) groups is 2. The largest absolute Gasteiger partial charge is 0.350 e. The Balaban J connectivity index is 3.83. The second-order valence-electron chi connectivity index (χ2n) is 0.957. The summed E-state index contributed by atoms with van der Waals surface area (Å²) in [7, 11) is 0. The fourth-order valence-corrected chi connectivity index (χ4v) is 0.109. The van der Waals surface area contributed by atoms with Gasteiger partial charge in [0.15, 0.2) is 0 Å². The highest BCUT2D eigenvalue weighted by atomic mass is 79.9. The van der Waals surface area contributed by atoms with E-state index in [1.807, 2.05) is 0 Å². The number of urea groups is 2. The monoisotopic (exact) mass is 181 g/mol. The van der Waals surface area contributed by atoms with E-state index in [2.05, 4.69) is 27.6 Å². The van der Waals surface area contributed by atoms with Crippen LogP contribution in [0, 0.1) is 0 Å². The molecule has 0 heterocycles. The summed E-state index contributed by atoms with van der Waals surface area (Å²) >= 11 is 2.49. The van der Waals surface area contributed by atoms with Crippen LogP contribution in [0.4, 0.5) is 9.59 Å². The van der Waals surface area contributed by atoms with Crippen LogP contribution in [0.3, 0.4) is 0 Å². The van der Waals surface area contributed by atoms with Crippen LogP contribution < -0.4 is 11.5 Å². The van der Waals surface area contributed by atoms with Crippen LogP contribution in [0.15, 0.2) is 0 Å². The predicted molar refractivity (Wildman–Crippen MR) is 29.9 cm³/mol. The van der Waals surface area contributed by atoms with Gasteiger partial charge in [-0.15, -0.1) is 0 Å². The van der Waals surface area contributed by atoms with Crippen LogP contribution in [-0.2, 0) is 0 Å². The van der Waals surface area contributed by atoms with Gasteiger partial charge in [0, 0.05) is 0 Å². The van der Waals surface area contributed by atoms with E-state index in [1.54, 1.807) is 0 Å². The second kappa shape index (κ2) is 2.51. The minimum atomic E-state index is -0.933. The lowest BCUT2D eigenvalue weighted by atomic mass is 10.9. The fourth-order valence-electron chi connectivity index (χ4n) is 0.109. The van der Waals surface area contributed by atoms with E-state index in [0.717, 1.165) is 0 Å². The number of amides is 4. The Morgan fingerprint density at radius 3 is 1.50 bits per heavy atom. The third-order valence-corrected chi connectivity index (χ3v) is 1.09. The number of imide groups is 1. The Morgan fingerprint density at radius 2 is 1.50 bits per heavy atom. The first-order valence-corrected chi connectivity index (χ1v) is 2.31. The van der Waals surface area contributed by atoms with E-state index >= 15 is 0 Å². The summed E-state index contributed by atoms with van der Waals surface area (Å²) in [6.45, 7) is 0. The zero-order chi connectivity index (χ0) is 6.73. The molecule has 0 bridgehead atoms. The normalized spacial score (nSPS) is 8.12. The van der Waals surface area contributed by atoms with Crippen molar-refractivity contribution >= 4 is 28.2 Å². The van der Waals surface area contributed by atoms with E-state index in [-0.39, 0.29) is 0 Å². The smallest absolute Gasteiger partial charge is 0.333 e. The maximum absolute atomic E-state index is 9.94. The van der Waals surface area contributed by atoms with Gasteiger partial charge in [-0.1, -0.05) is 0 Å². The molecule has 0 radical (unpaired) electrons. The van der Waals surface area contributed by atoms with Crippen molar-refractivity contribution in [2.75, 3.05) is 0 Å². The van der Waals surface area contributed by atoms with Gasteiger partial charge in [0.1, 0.15) is 0 Å². The van der Waals surface area contributed by atoms with Crippen molar-refractivity contribution in [2.45, 2.75) is 0 Å². The SMILES string of the molecule is NC(=O)N(Br)C(N)=O. The highest BCUT2D eigenvalue weighted by Gasteiger charge is 2.09. The van der Waals surface area contributed by atoms with Gasteiger partial charge in [-0.25, -0.2) is 9.59 Å². The predicted octanol–water partition coefficient (Wildman–Crippen LogP) is -0.244. The molecule has 0 fully saturated rings. The maximum atomic E-state index is 9.94. The molecule has 0 saturated carbocycles. The first kappa shape index (κ1) is 7.22. The first-order valence-electron chi connectivity index (χ1n) is 1.60. The second-order valence-corrected chi connectivity index (χ2v) is 1.67. The van der Waals surface area contributed by atoms with Crippen LogP contribution >= 0.6 is 16.1 Å². The summed E-state index contributed by atoms with van der Waals surface area (Å²) in [5, 5.41) is 0. The Kier molecular flexibility index (Phi) is 2.26. The number of carbonyl (C=O) groups excluding carboxylic acids is 2. The number of primary amides is 2. The molecule has 8 heavy (non-hydrogen) atoms. The Hall–Kier alpha value is -0.780. The quantitative estimate of drug-likeness (QED) is 0.506. The number of hydrogen-bond acceptors (Lipinski definition) is 2. The fraction of sp³-hybridized carbons (Fsp3) is 0. The molecule has 0 aliphatic carbocycles. The summed E-state index contributed by atoms with van der Waals surface area (Å²) in [6, 6.07) is -1.87. The lowest BCUT2D eigenvalue weighted by Gasteiger charge is -2.02. The van der Waals surface area contributed by atoms with Crippen molar-refractivity contribution in [3.63, 3.8) is 0 Å². The van der Waals surface area contributed by atoms with Gasteiger partial charge in [0.2, 0.25) is 0 Å². The molecular formula is C2H4BrN3O2. The minimum Gasteiger partial charge on any atom is -0.350 e. The molecular weight excluding hydrogens is 178 g/mol. The lowest BCUT2D eigenvalue weighted by Crippen LogP contribution is -2.36. The average Bonchev–Trinajstić information content (AvgIpc) is 1.64. The van der Waals surface area contributed by atoms with Gasteiger partial charge in [-0.3, -0.25) is 0 Å². The number of rotatable bonds is 0. The molecule has 46 valence electrons. The van der Waals surface area contributed by atoms with Crippen LogP contribution in [0.2, 0.25) is 0 Å². The van der Waals surface area contributed by atoms with Crippen molar-refractivity contribution in [1.29, 1.82) is 0 Å². The van der Waals surface area contributed by atoms with E-state index in [1.165, 1.54) is 0 Å². The average molecular weight is 182 g/mol. The Bertz CT molecular complexity index is 110. The van der Waals surface area contributed by atoms with Gasteiger partial charge in [0.25, 0.3) is 0 Å².